The normalized spacial score (nSPS) is 23.3. The van der Waals surface area contributed by atoms with E-state index in [1.165, 1.54) is 19.3 Å². The van der Waals surface area contributed by atoms with E-state index in [4.69, 9.17) is 22.2 Å². The molecule has 0 spiro atoms. The average molecular weight is 207 g/mol. The molecule has 1 rings (SSSR count). The van der Waals surface area contributed by atoms with Gasteiger partial charge in [0.25, 0.3) is 0 Å². The first-order valence-electron chi connectivity index (χ1n) is 3.95. The van der Waals surface area contributed by atoms with Gasteiger partial charge >= 0.3 is 0 Å². The van der Waals surface area contributed by atoms with Crippen molar-refractivity contribution >= 4 is 34.9 Å². The predicted molar refractivity (Wildman–Crippen MR) is 54.6 cm³/mol. The van der Waals surface area contributed by atoms with E-state index >= 15 is 0 Å². The molecule has 1 aliphatic rings. The first-order valence-corrected chi connectivity index (χ1v) is 7.55. The van der Waals surface area contributed by atoms with Crippen molar-refractivity contribution in [2.24, 2.45) is 5.92 Å². The van der Waals surface area contributed by atoms with Crippen LogP contribution in [0.15, 0.2) is 12.2 Å². The zero-order chi connectivity index (χ0) is 8.10. The molecule has 1 atom stereocenters. The Hall–Kier alpha value is 0.407. The summed E-state index contributed by atoms with van der Waals surface area (Å²) in [5, 5.41) is 0. The second-order valence-electron chi connectivity index (χ2n) is 2.88. The summed E-state index contributed by atoms with van der Waals surface area (Å²) >= 11 is 11.4. The van der Waals surface area contributed by atoms with E-state index in [1.54, 1.807) is 0 Å². The molecule has 11 heavy (non-hydrogen) atoms. The maximum absolute atomic E-state index is 5.69. The zero-order valence-corrected chi connectivity index (χ0v) is 8.91. The summed E-state index contributed by atoms with van der Waals surface area (Å²) in [7, 11) is -1.14. The van der Waals surface area contributed by atoms with Gasteiger partial charge in [0.2, 0.25) is 7.03 Å². The highest BCUT2D eigenvalue weighted by Crippen LogP contribution is 2.20. The first-order chi connectivity index (χ1) is 5.29. The molecule has 1 unspecified atom stereocenters. The fourth-order valence-corrected chi connectivity index (χ4v) is 2.37. The number of allylic oxidation sites excluding steroid dienone is 2. The summed E-state index contributed by atoms with van der Waals surface area (Å²) in [5.41, 5.74) is 2.08. The molecular formula is C8H12Cl2Si. The summed E-state index contributed by atoms with van der Waals surface area (Å²) in [6, 6.07) is 0. The minimum Gasteiger partial charge on any atom is -0.118 e. The van der Waals surface area contributed by atoms with Gasteiger partial charge in [-0.05, 0) is 31.6 Å². The summed E-state index contributed by atoms with van der Waals surface area (Å²) in [6.07, 6.45) is 9.35. The lowest BCUT2D eigenvalue weighted by atomic mass is 9.92. The Labute approximate surface area is 78.8 Å². The van der Waals surface area contributed by atoms with Gasteiger partial charge in [0.1, 0.15) is 0 Å². The maximum Gasteiger partial charge on any atom is 0.228 e. The Balaban J connectivity index is 2.27. The Morgan fingerprint density at radius 1 is 1.45 bits per heavy atom. The van der Waals surface area contributed by atoms with Crippen LogP contribution in [0.25, 0.3) is 0 Å². The largest absolute Gasteiger partial charge is 0.228 e. The van der Waals surface area contributed by atoms with Gasteiger partial charge in [-0.25, -0.2) is 0 Å². The highest BCUT2D eigenvalue weighted by molar-refractivity contribution is 7.34. The fraction of sp³-hybridized carbons (Fsp3) is 0.625. The number of halogens is 2. The molecule has 0 saturated carbocycles. The molecule has 3 heteroatoms. The van der Waals surface area contributed by atoms with Crippen LogP contribution in [0.4, 0.5) is 0 Å². The smallest absolute Gasteiger partial charge is 0.118 e. The number of hydrogen-bond acceptors (Lipinski definition) is 0. The molecule has 0 nitrogen and oxygen atoms in total. The lowest BCUT2D eigenvalue weighted by molar-refractivity contribution is 0.502. The van der Waals surface area contributed by atoms with Crippen molar-refractivity contribution in [2.45, 2.75) is 25.7 Å². The van der Waals surface area contributed by atoms with E-state index in [-0.39, 0.29) is 0 Å². The quantitative estimate of drug-likeness (QED) is 0.371. The van der Waals surface area contributed by atoms with Gasteiger partial charge in [-0.1, -0.05) is 17.8 Å². The van der Waals surface area contributed by atoms with Crippen LogP contribution in [0.2, 0.25) is 0 Å². The molecule has 0 bridgehead atoms. The van der Waals surface area contributed by atoms with Crippen LogP contribution in [0, 0.1) is 5.92 Å². The number of rotatable bonds is 2. The SMILES string of the molecule is Cl[Si](Cl)=CCC1CC=CCC1. The third-order valence-corrected chi connectivity index (χ3v) is 3.45. The van der Waals surface area contributed by atoms with Gasteiger partial charge in [-0.3, -0.25) is 0 Å². The standard InChI is InChI=1S/C8H12Cl2Si/c9-11(10)7-6-8-4-2-1-3-5-8/h1-2,7-8H,3-6H2. The van der Waals surface area contributed by atoms with Crippen LogP contribution < -0.4 is 0 Å². The third kappa shape index (κ3) is 4.09. The predicted octanol–water partition coefficient (Wildman–Crippen LogP) is 3.08. The Morgan fingerprint density at radius 2 is 2.27 bits per heavy atom. The van der Waals surface area contributed by atoms with Crippen molar-refractivity contribution in [1.82, 2.24) is 0 Å². The molecule has 0 amide bonds. The van der Waals surface area contributed by atoms with Crippen molar-refractivity contribution in [1.29, 1.82) is 0 Å². The molecule has 0 aliphatic heterocycles. The van der Waals surface area contributed by atoms with E-state index in [0.29, 0.717) is 0 Å². The highest BCUT2D eigenvalue weighted by atomic mass is 35.7. The van der Waals surface area contributed by atoms with Gasteiger partial charge in [0.05, 0.1) is 0 Å². The van der Waals surface area contributed by atoms with Crippen LogP contribution >= 0.6 is 22.2 Å². The van der Waals surface area contributed by atoms with Gasteiger partial charge in [0.15, 0.2) is 0 Å². The Bertz CT molecular complexity index is 171. The molecule has 0 aromatic heterocycles. The van der Waals surface area contributed by atoms with Crippen molar-refractivity contribution in [3.8, 4) is 0 Å². The first kappa shape index (κ1) is 9.49. The number of hydrogen-bond donors (Lipinski definition) is 0. The van der Waals surface area contributed by atoms with Crippen LogP contribution in [-0.2, 0) is 0 Å². The van der Waals surface area contributed by atoms with Crippen LogP contribution in [-0.4, -0.2) is 12.7 Å². The average Bonchev–Trinajstić information content (AvgIpc) is 2.03. The lowest BCUT2D eigenvalue weighted by Gasteiger charge is -2.14. The molecule has 0 fully saturated rings. The Kier molecular flexibility index (Phi) is 4.42. The maximum atomic E-state index is 5.69. The topological polar surface area (TPSA) is 0 Å². The molecule has 0 aromatic rings. The lowest BCUT2D eigenvalue weighted by Crippen LogP contribution is -2.04. The molecule has 62 valence electrons. The Morgan fingerprint density at radius 3 is 2.82 bits per heavy atom. The van der Waals surface area contributed by atoms with E-state index in [1.807, 2.05) is 0 Å². The van der Waals surface area contributed by atoms with E-state index < -0.39 is 7.03 Å². The third-order valence-electron chi connectivity index (χ3n) is 1.98. The van der Waals surface area contributed by atoms with Crippen molar-refractivity contribution in [3.05, 3.63) is 12.2 Å². The fourth-order valence-electron chi connectivity index (χ4n) is 1.33. The summed E-state index contributed by atoms with van der Waals surface area (Å²) < 4.78 is 0. The van der Waals surface area contributed by atoms with E-state index in [2.05, 4.69) is 17.8 Å². The van der Waals surface area contributed by atoms with Crippen molar-refractivity contribution in [3.63, 3.8) is 0 Å². The molecule has 0 heterocycles. The van der Waals surface area contributed by atoms with E-state index in [0.717, 1.165) is 12.3 Å². The molecule has 1 aliphatic carbocycles. The monoisotopic (exact) mass is 206 g/mol. The molecular weight excluding hydrogens is 195 g/mol. The van der Waals surface area contributed by atoms with Crippen LogP contribution in [0.1, 0.15) is 25.7 Å². The van der Waals surface area contributed by atoms with Gasteiger partial charge in [-0.15, -0.1) is 22.2 Å². The van der Waals surface area contributed by atoms with Crippen LogP contribution in [0.5, 0.6) is 0 Å². The summed E-state index contributed by atoms with van der Waals surface area (Å²) in [5.74, 6) is 0.803. The molecule has 0 saturated heterocycles. The molecule has 0 N–H and O–H groups in total. The van der Waals surface area contributed by atoms with Gasteiger partial charge in [0, 0.05) is 0 Å². The molecule has 0 radical (unpaired) electrons. The minimum absolute atomic E-state index is 0.803. The minimum atomic E-state index is -1.14. The van der Waals surface area contributed by atoms with Gasteiger partial charge < -0.3 is 0 Å². The van der Waals surface area contributed by atoms with E-state index in [9.17, 15) is 0 Å². The second-order valence-corrected chi connectivity index (χ2v) is 6.89. The van der Waals surface area contributed by atoms with Crippen molar-refractivity contribution in [2.75, 3.05) is 0 Å². The molecule has 0 aromatic carbocycles. The van der Waals surface area contributed by atoms with Gasteiger partial charge in [-0.2, -0.15) is 0 Å². The van der Waals surface area contributed by atoms with Crippen LogP contribution in [0.3, 0.4) is 0 Å². The summed E-state index contributed by atoms with van der Waals surface area (Å²) in [4.78, 5) is 0. The second kappa shape index (κ2) is 5.12. The highest BCUT2D eigenvalue weighted by Gasteiger charge is 2.07. The van der Waals surface area contributed by atoms with Crippen molar-refractivity contribution < 1.29 is 0 Å². The summed E-state index contributed by atoms with van der Waals surface area (Å²) in [6.45, 7) is 0. The zero-order valence-electron chi connectivity index (χ0n) is 6.39.